The normalized spacial score (nSPS) is 16.3. The van der Waals surface area contributed by atoms with E-state index in [2.05, 4.69) is 49.9 Å². The zero-order chi connectivity index (χ0) is 23.9. The Bertz CT molecular complexity index is 870. The molecule has 1 radical (unpaired) electrons. The molecule has 0 aliphatic carbocycles. The molecule has 2 rings (SSSR count). The Kier molecular flexibility index (Phi) is 14.1. The molecule has 2 unspecified atom stereocenters. The SMILES string of the molecule is C=C/C(=C\C=C(\Cl)CCl)C1=C(CC(C)C)[B]C(=NCC(C=O)Cc2ccncn2)N1.CP. The van der Waals surface area contributed by atoms with Gasteiger partial charge in [0.1, 0.15) is 12.6 Å². The molecule has 0 saturated carbocycles. The second kappa shape index (κ2) is 16.0. The Morgan fingerprint density at radius 2 is 2.09 bits per heavy atom. The van der Waals surface area contributed by atoms with Crippen LogP contribution in [0.15, 0.2) is 70.2 Å². The van der Waals surface area contributed by atoms with Crippen molar-refractivity contribution in [3.05, 3.63) is 70.9 Å². The number of nitrogens with zero attached hydrogens (tertiary/aromatic N) is 3. The van der Waals surface area contributed by atoms with Gasteiger partial charge >= 0.3 is 0 Å². The van der Waals surface area contributed by atoms with E-state index in [1.165, 1.54) is 6.33 Å². The van der Waals surface area contributed by atoms with Crippen molar-refractivity contribution in [1.29, 1.82) is 0 Å². The molecule has 1 aliphatic rings. The number of allylic oxidation sites excluding steroid dienone is 5. The average Bonchev–Trinajstić information content (AvgIpc) is 3.20. The molecule has 0 saturated heterocycles. The third-order valence-corrected chi connectivity index (χ3v) is 5.08. The second-order valence-corrected chi connectivity index (χ2v) is 8.12. The number of hydrogen-bond acceptors (Lipinski definition) is 4. The minimum atomic E-state index is -0.250. The van der Waals surface area contributed by atoms with Crippen LogP contribution in [0.3, 0.4) is 0 Å². The predicted octanol–water partition coefficient (Wildman–Crippen LogP) is 4.72. The van der Waals surface area contributed by atoms with Gasteiger partial charge in [-0.3, -0.25) is 4.99 Å². The van der Waals surface area contributed by atoms with Gasteiger partial charge in [-0.25, -0.2) is 9.97 Å². The van der Waals surface area contributed by atoms with Crippen molar-refractivity contribution in [1.82, 2.24) is 15.3 Å². The van der Waals surface area contributed by atoms with E-state index in [1.54, 1.807) is 18.3 Å². The van der Waals surface area contributed by atoms with Crippen LogP contribution in [0.4, 0.5) is 0 Å². The number of amidine groups is 1. The minimum Gasteiger partial charge on any atom is -0.353 e. The molecular formula is C23H31BCl2N4OP. The summed E-state index contributed by atoms with van der Waals surface area (Å²) in [5.74, 6) is 0.479. The predicted molar refractivity (Wildman–Crippen MR) is 142 cm³/mol. The number of alkyl halides is 1. The highest BCUT2D eigenvalue weighted by atomic mass is 35.5. The second-order valence-electron chi connectivity index (χ2n) is 7.37. The number of aliphatic imine (C=N–C) groups is 1. The fraction of sp³-hybridized carbons (Fsp3) is 0.391. The minimum absolute atomic E-state index is 0.250. The molecule has 0 fully saturated rings. The molecule has 1 aliphatic heterocycles. The van der Waals surface area contributed by atoms with Crippen molar-refractivity contribution < 1.29 is 4.79 Å². The third-order valence-electron chi connectivity index (χ3n) is 4.40. The van der Waals surface area contributed by atoms with E-state index < -0.39 is 0 Å². The summed E-state index contributed by atoms with van der Waals surface area (Å²) in [7, 11) is 4.45. The third kappa shape index (κ3) is 9.81. The Labute approximate surface area is 205 Å². The first-order chi connectivity index (χ1) is 15.5. The van der Waals surface area contributed by atoms with Gasteiger partial charge in [-0.2, -0.15) is 0 Å². The van der Waals surface area contributed by atoms with E-state index in [1.807, 2.05) is 26.1 Å². The van der Waals surface area contributed by atoms with Gasteiger partial charge < -0.3 is 10.1 Å². The molecule has 1 aromatic rings. The zero-order valence-corrected chi connectivity index (χ0v) is 21.6. The van der Waals surface area contributed by atoms with Crippen LogP contribution in [0.1, 0.15) is 26.0 Å². The monoisotopic (exact) mass is 491 g/mol. The van der Waals surface area contributed by atoms with E-state index >= 15 is 0 Å². The molecule has 32 heavy (non-hydrogen) atoms. The molecule has 2 heterocycles. The Morgan fingerprint density at radius 3 is 2.66 bits per heavy atom. The van der Waals surface area contributed by atoms with E-state index in [-0.39, 0.29) is 11.8 Å². The molecule has 0 bridgehead atoms. The van der Waals surface area contributed by atoms with Gasteiger partial charge in [0.05, 0.1) is 11.6 Å². The van der Waals surface area contributed by atoms with Crippen molar-refractivity contribution in [2.45, 2.75) is 26.7 Å². The highest BCUT2D eigenvalue weighted by molar-refractivity contribution is 7.15. The quantitative estimate of drug-likeness (QED) is 0.160. The highest BCUT2D eigenvalue weighted by Crippen LogP contribution is 2.24. The van der Waals surface area contributed by atoms with Crippen molar-refractivity contribution in [2.75, 3.05) is 19.1 Å². The number of carbonyl (C=O) groups is 1. The van der Waals surface area contributed by atoms with Crippen molar-refractivity contribution in [3.63, 3.8) is 0 Å². The number of hydrogen-bond donors (Lipinski definition) is 1. The fourth-order valence-electron chi connectivity index (χ4n) is 2.98. The van der Waals surface area contributed by atoms with Crippen LogP contribution in [0, 0.1) is 11.8 Å². The van der Waals surface area contributed by atoms with Gasteiger partial charge in [0, 0.05) is 41.5 Å². The maximum absolute atomic E-state index is 11.5. The lowest BCUT2D eigenvalue weighted by Gasteiger charge is -2.11. The summed E-state index contributed by atoms with van der Waals surface area (Å²) in [5, 5.41) is 3.92. The zero-order valence-electron chi connectivity index (χ0n) is 18.9. The highest BCUT2D eigenvalue weighted by Gasteiger charge is 2.23. The number of nitrogens with one attached hydrogen (secondary N) is 1. The lowest BCUT2D eigenvalue weighted by molar-refractivity contribution is -0.110. The first kappa shape index (κ1) is 28.3. The van der Waals surface area contributed by atoms with Crippen molar-refractivity contribution >= 4 is 51.7 Å². The van der Waals surface area contributed by atoms with E-state index in [0.717, 1.165) is 40.9 Å². The van der Waals surface area contributed by atoms with Crippen LogP contribution < -0.4 is 5.32 Å². The number of rotatable bonds is 11. The molecule has 1 aromatic heterocycles. The number of aromatic nitrogens is 2. The molecule has 0 amide bonds. The summed E-state index contributed by atoms with van der Waals surface area (Å²) in [4.78, 5) is 24.2. The molecule has 9 heteroatoms. The molecule has 171 valence electrons. The summed E-state index contributed by atoms with van der Waals surface area (Å²) >= 11 is 11.8. The van der Waals surface area contributed by atoms with Gasteiger partial charge in [-0.05, 0) is 30.1 Å². The van der Waals surface area contributed by atoms with Crippen LogP contribution in [0.25, 0.3) is 0 Å². The van der Waals surface area contributed by atoms with Gasteiger partial charge in [-0.15, -0.1) is 20.8 Å². The molecule has 5 nitrogen and oxygen atoms in total. The standard InChI is InChI=1S/C22H26BCl2N4O.CH5P/c1-4-17(5-6-18(25)11-24)21-20(9-15(2)3)23-22(29-21)27-12-16(13-30)10-19-7-8-26-14-28-19;1-2/h4-8,13-16H,1,9-12H2,2-3H3,(H,27,29);2H2,1H3/b17-5+,18-6+;. The Hall–Kier alpha value is -1.75. The average molecular weight is 492 g/mol. The smallest absolute Gasteiger partial charge is 0.236 e. The molecule has 1 N–H and O–H groups in total. The van der Waals surface area contributed by atoms with E-state index in [9.17, 15) is 4.79 Å². The first-order valence-corrected chi connectivity index (χ1v) is 12.5. The van der Waals surface area contributed by atoms with Gasteiger partial charge in [0.25, 0.3) is 0 Å². The largest absolute Gasteiger partial charge is 0.353 e. The number of carbonyl (C=O) groups excluding carboxylic acids is 1. The van der Waals surface area contributed by atoms with Crippen molar-refractivity contribution in [2.24, 2.45) is 16.8 Å². The molecule has 0 spiro atoms. The summed E-state index contributed by atoms with van der Waals surface area (Å²) in [5.41, 5.74) is 4.55. The lowest BCUT2D eigenvalue weighted by Crippen LogP contribution is -2.23. The number of halogens is 2. The van der Waals surface area contributed by atoms with Gasteiger partial charge in [0.2, 0.25) is 7.28 Å². The summed E-state index contributed by atoms with van der Waals surface area (Å²) in [6.45, 7) is 10.5. The first-order valence-electron chi connectivity index (χ1n) is 10.4. The lowest BCUT2D eigenvalue weighted by atomic mass is 9.67. The maximum atomic E-state index is 11.5. The van der Waals surface area contributed by atoms with Gasteiger partial charge in [0.15, 0.2) is 0 Å². The Balaban J connectivity index is 0.00000249. The maximum Gasteiger partial charge on any atom is 0.236 e. The van der Waals surface area contributed by atoms with Gasteiger partial charge in [-0.1, -0.05) is 56.3 Å². The summed E-state index contributed by atoms with van der Waals surface area (Å²) < 4.78 is 0. The fourth-order valence-corrected chi connectivity index (χ4v) is 3.13. The van der Waals surface area contributed by atoms with Crippen LogP contribution in [0.5, 0.6) is 0 Å². The summed E-state index contributed by atoms with van der Waals surface area (Å²) in [6, 6.07) is 1.81. The number of aldehydes is 1. The van der Waals surface area contributed by atoms with Crippen molar-refractivity contribution in [3.8, 4) is 0 Å². The van der Waals surface area contributed by atoms with E-state index in [4.69, 9.17) is 23.2 Å². The van der Waals surface area contributed by atoms with E-state index in [0.29, 0.717) is 23.9 Å². The van der Waals surface area contributed by atoms with Crippen LogP contribution in [-0.4, -0.2) is 48.4 Å². The molecule has 0 aromatic carbocycles. The Morgan fingerprint density at radius 1 is 1.34 bits per heavy atom. The molecular weight excluding hydrogens is 461 g/mol. The van der Waals surface area contributed by atoms with Crippen LogP contribution in [-0.2, 0) is 11.2 Å². The topological polar surface area (TPSA) is 67.2 Å². The van der Waals surface area contributed by atoms with Crippen LogP contribution in [0.2, 0.25) is 0 Å². The summed E-state index contributed by atoms with van der Waals surface area (Å²) in [6.07, 6.45) is 10.9. The molecule has 2 atom stereocenters. The van der Waals surface area contributed by atoms with Crippen LogP contribution >= 0.6 is 32.4 Å².